The second-order valence-corrected chi connectivity index (χ2v) is 8.28. The van der Waals surface area contributed by atoms with Crippen molar-refractivity contribution in [2.45, 2.75) is 51.8 Å². The third-order valence-corrected chi connectivity index (χ3v) is 6.22. The van der Waals surface area contributed by atoms with E-state index in [0.717, 1.165) is 24.0 Å². The Bertz CT molecular complexity index is 1070. The molecule has 2 aliphatic rings. The van der Waals surface area contributed by atoms with Crippen LogP contribution in [0.3, 0.4) is 0 Å². The quantitative estimate of drug-likeness (QED) is 0.665. The van der Waals surface area contributed by atoms with E-state index in [1.165, 1.54) is 4.80 Å². The molecular weight excluding hydrogens is 380 g/mol. The molecule has 4 heterocycles. The van der Waals surface area contributed by atoms with Crippen LogP contribution in [0.2, 0.25) is 0 Å². The summed E-state index contributed by atoms with van der Waals surface area (Å²) in [4.78, 5) is 25.9. The van der Waals surface area contributed by atoms with Gasteiger partial charge in [0.05, 0.1) is 18.4 Å². The highest BCUT2D eigenvalue weighted by molar-refractivity contribution is 5.96. The predicted molar refractivity (Wildman–Crippen MR) is 109 cm³/mol. The standard InChI is InChI=1S/C22H24N6O2/c1-13-4-5-20(23-11-13)30-19-10-16-9-17(19)27(15(16)3)22(29)21-18(8-14(2)12-24-21)28-25-6-7-26-28/h4-8,11-12,15-17,19H,9-10H2,1-3H3. The molecule has 1 saturated heterocycles. The van der Waals surface area contributed by atoms with Gasteiger partial charge >= 0.3 is 0 Å². The summed E-state index contributed by atoms with van der Waals surface area (Å²) >= 11 is 0. The zero-order valence-corrected chi connectivity index (χ0v) is 17.3. The molecule has 3 aromatic rings. The molecule has 5 rings (SSSR count). The molecule has 1 aliphatic carbocycles. The zero-order valence-electron chi connectivity index (χ0n) is 17.3. The number of aromatic nitrogens is 5. The van der Waals surface area contributed by atoms with E-state index in [2.05, 4.69) is 27.1 Å². The summed E-state index contributed by atoms with van der Waals surface area (Å²) < 4.78 is 6.20. The monoisotopic (exact) mass is 404 g/mol. The normalized spacial score (nSPS) is 25.0. The van der Waals surface area contributed by atoms with E-state index >= 15 is 0 Å². The first-order valence-electron chi connectivity index (χ1n) is 10.3. The summed E-state index contributed by atoms with van der Waals surface area (Å²) in [6, 6.07) is 5.90. The fourth-order valence-corrected chi connectivity index (χ4v) is 4.70. The fraction of sp³-hybridized carbons (Fsp3) is 0.409. The Hall–Kier alpha value is -3.29. The molecule has 1 saturated carbocycles. The molecule has 0 radical (unpaired) electrons. The molecular formula is C22H24N6O2. The highest BCUT2D eigenvalue weighted by Gasteiger charge is 2.53. The average molecular weight is 404 g/mol. The number of hydrogen-bond donors (Lipinski definition) is 0. The van der Waals surface area contributed by atoms with Crippen LogP contribution in [0.15, 0.2) is 43.0 Å². The molecule has 8 heteroatoms. The Kier molecular flexibility index (Phi) is 4.49. The first-order chi connectivity index (χ1) is 14.5. The van der Waals surface area contributed by atoms with E-state index in [1.807, 2.05) is 36.9 Å². The second kappa shape index (κ2) is 7.19. The number of hydrogen-bond acceptors (Lipinski definition) is 6. The van der Waals surface area contributed by atoms with E-state index in [4.69, 9.17) is 4.74 Å². The lowest BCUT2D eigenvalue weighted by Gasteiger charge is -2.37. The van der Waals surface area contributed by atoms with E-state index in [0.29, 0.717) is 23.2 Å². The van der Waals surface area contributed by atoms with Crippen molar-refractivity contribution in [3.63, 3.8) is 0 Å². The lowest BCUT2D eigenvalue weighted by molar-refractivity contribution is 0.0309. The van der Waals surface area contributed by atoms with E-state index in [9.17, 15) is 4.79 Å². The van der Waals surface area contributed by atoms with Crippen LogP contribution in [0.25, 0.3) is 5.69 Å². The first-order valence-corrected chi connectivity index (χ1v) is 10.3. The second-order valence-electron chi connectivity index (χ2n) is 8.28. The predicted octanol–water partition coefficient (Wildman–Crippen LogP) is 2.74. The molecule has 0 spiro atoms. The molecule has 30 heavy (non-hydrogen) atoms. The van der Waals surface area contributed by atoms with Crippen molar-refractivity contribution in [3.8, 4) is 11.6 Å². The number of nitrogens with zero attached hydrogens (tertiary/aromatic N) is 6. The zero-order chi connectivity index (χ0) is 20.8. The number of pyridine rings is 2. The summed E-state index contributed by atoms with van der Waals surface area (Å²) in [5, 5.41) is 8.41. The number of rotatable bonds is 4. The summed E-state index contributed by atoms with van der Waals surface area (Å²) in [5.41, 5.74) is 2.99. The van der Waals surface area contributed by atoms with Gasteiger partial charge in [-0.3, -0.25) is 4.79 Å². The Morgan fingerprint density at radius 3 is 2.53 bits per heavy atom. The van der Waals surface area contributed by atoms with Crippen molar-refractivity contribution in [1.82, 2.24) is 29.9 Å². The van der Waals surface area contributed by atoms with Crippen LogP contribution in [0.4, 0.5) is 0 Å². The van der Waals surface area contributed by atoms with Gasteiger partial charge in [0.25, 0.3) is 5.91 Å². The van der Waals surface area contributed by atoms with Crippen molar-refractivity contribution in [1.29, 1.82) is 0 Å². The van der Waals surface area contributed by atoms with Crippen LogP contribution >= 0.6 is 0 Å². The molecule has 3 aromatic heterocycles. The minimum Gasteiger partial charge on any atom is -0.472 e. The van der Waals surface area contributed by atoms with Crippen molar-refractivity contribution in [3.05, 3.63) is 59.8 Å². The van der Waals surface area contributed by atoms with Crippen LogP contribution < -0.4 is 4.74 Å². The minimum atomic E-state index is -0.104. The number of carbonyl (C=O) groups excluding carboxylic acids is 1. The van der Waals surface area contributed by atoms with Crippen LogP contribution in [-0.4, -0.2) is 54.0 Å². The molecule has 0 aromatic carbocycles. The Morgan fingerprint density at radius 2 is 1.83 bits per heavy atom. The van der Waals surface area contributed by atoms with E-state index in [-0.39, 0.29) is 24.1 Å². The molecule has 8 nitrogen and oxygen atoms in total. The SMILES string of the molecule is Cc1ccc(OC2CC3CC2N(C(=O)c2ncc(C)cc2-n2nccn2)C3C)nc1. The fourth-order valence-electron chi connectivity index (χ4n) is 4.70. The first kappa shape index (κ1) is 18.7. The number of piperidine rings is 1. The van der Waals surface area contributed by atoms with Crippen molar-refractivity contribution in [2.75, 3.05) is 0 Å². The summed E-state index contributed by atoms with van der Waals surface area (Å²) in [5.74, 6) is 0.909. The smallest absolute Gasteiger partial charge is 0.275 e. The highest BCUT2D eigenvalue weighted by atomic mass is 16.5. The number of amides is 1. The van der Waals surface area contributed by atoms with Gasteiger partial charge < -0.3 is 9.64 Å². The van der Waals surface area contributed by atoms with Crippen LogP contribution in [0.5, 0.6) is 5.88 Å². The summed E-state index contributed by atoms with van der Waals surface area (Å²) in [7, 11) is 0. The summed E-state index contributed by atoms with van der Waals surface area (Å²) in [6.07, 6.45) is 8.49. The molecule has 2 bridgehead atoms. The van der Waals surface area contributed by atoms with Crippen molar-refractivity contribution in [2.24, 2.45) is 5.92 Å². The van der Waals surface area contributed by atoms with Gasteiger partial charge in [-0.2, -0.15) is 10.2 Å². The Labute approximate surface area is 174 Å². The third-order valence-electron chi connectivity index (χ3n) is 6.22. The summed E-state index contributed by atoms with van der Waals surface area (Å²) in [6.45, 7) is 6.05. The molecule has 4 unspecified atom stereocenters. The maximum absolute atomic E-state index is 13.6. The Morgan fingerprint density at radius 1 is 1.07 bits per heavy atom. The molecule has 0 N–H and O–H groups in total. The molecule has 154 valence electrons. The molecule has 1 aliphatic heterocycles. The average Bonchev–Trinajstić information content (AvgIpc) is 3.46. The van der Waals surface area contributed by atoms with Crippen molar-refractivity contribution >= 4 is 5.91 Å². The number of fused-ring (bicyclic) bond motifs is 2. The van der Waals surface area contributed by atoms with Gasteiger partial charge in [0.2, 0.25) is 5.88 Å². The largest absolute Gasteiger partial charge is 0.472 e. The lowest BCUT2D eigenvalue weighted by atomic mass is 9.98. The molecule has 2 fully saturated rings. The van der Waals surface area contributed by atoms with Crippen molar-refractivity contribution < 1.29 is 9.53 Å². The van der Waals surface area contributed by atoms with Gasteiger partial charge in [-0.1, -0.05) is 6.07 Å². The van der Waals surface area contributed by atoms with Gasteiger partial charge in [-0.25, -0.2) is 9.97 Å². The lowest BCUT2D eigenvalue weighted by Crippen LogP contribution is -2.51. The minimum absolute atomic E-state index is 0.00198. The number of likely N-dealkylation sites (tertiary alicyclic amines) is 1. The number of carbonyl (C=O) groups is 1. The van der Waals surface area contributed by atoms with Gasteiger partial charge in [-0.15, -0.1) is 4.80 Å². The number of aryl methyl sites for hydroxylation is 2. The van der Waals surface area contributed by atoms with E-state index in [1.54, 1.807) is 24.8 Å². The van der Waals surface area contributed by atoms with Crippen LogP contribution in [-0.2, 0) is 0 Å². The molecule has 1 amide bonds. The van der Waals surface area contributed by atoms with Gasteiger partial charge in [0.15, 0.2) is 5.69 Å². The maximum atomic E-state index is 13.6. The van der Waals surface area contributed by atoms with Gasteiger partial charge in [-0.05, 0) is 56.7 Å². The van der Waals surface area contributed by atoms with Crippen LogP contribution in [0.1, 0.15) is 41.4 Å². The molecule has 4 atom stereocenters. The van der Waals surface area contributed by atoms with Gasteiger partial charge in [0, 0.05) is 24.5 Å². The Balaban J connectivity index is 1.44. The third kappa shape index (κ3) is 3.12. The van der Waals surface area contributed by atoms with Crippen LogP contribution in [0, 0.1) is 19.8 Å². The van der Waals surface area contributed by atoms with Gasteiger partial charge in [0.1, 0.15) is 11.8 Å². The highest BCUT2D eigenvalue weighted by Crippen LogP contribution is 2.44. The van der Waals surface area contributed by atoms with E-state index < -0.39 is 0 Å². The maximum Gasteiger partial charge on any atom is 0.275 e. The number of ether oxygens (including phenoxy) is 1. The topological polar surface area (TPSA) is 86.0 Å².